The largest absolute Gasteiger partial charge is 0.383 e. The van der Waals surface area contributed by atoms with Crippen molar-refractivity contribution in [2.24, 2.45) is 10.8 Å². The van der Waals surface area contributed by atoms with Crippen molar-refractivity contribution >= 4 is 11.5 Å². The van der Waals surface area contributed by atoms with Gasteiger partial charge in [-0.05, 0) is 6.07 Å². The summed E-state index contributed by atoms with van der Waals surface area (Å²) in [7, 11) is 0. The number of nitrogens with one attached hydrogen (secondary N) is 1. The van der Waals surface area contributed by atoms with Crippen LogP contribution in [-0.2, 0) is 6.54 Å². The van der Waals surface area contributed by atoms with Gasteiger partial charge in [-0.2, -0.15) is 5.10 Å². The molecule has 1 unspecified atom stereocenters. The van der Waals surface area contributed by atoms with E-state index in [0.29, 0.717) is 17.8 Å². The first-order valence-electron chi connectivity index (χ1n) is 6.58. The van der Waals surface area contributed by atoms with Gasteiger partial charge >= 0.3 is 0 Å². The molecule has 0 spiro atoms. The molecule has 0 saturated carbocycles. The predicted octanol–water partition coefficient (Wildman–Crippen LogP) is 2.19. The molecule has 1 atom stereocenters. The summed E-state index contributed by atoms with van der Waals surface area (Å²) in [5, 5.41) is 17.1. The predicted molar refractivity (Wildman–Crippen MR) is 75.1 cm³/mol. The van der Waals surface area contributed by atoms with E-state index >= 15 is 0 Å². The molecule has 1 aliphatic rings. The number of hydrazone groups is 1. The molecule has 3 N–H and O–H groups in total. The maximum absolute atomic E-state index is 13.8. The Hall–Kier alpha value is -2.77. The minimum atomic E-state index is -0.912. The van der Waals surface area contributed by atoms with Gasteiger partial charge in [0.05, 0.1) is 12.6 Å². The highest BCUT2D eigenvalue weighted by Gasteiger charge is 2.31. The van der Waals surface area contributed by atoms with Crippen LogP contribution >= 0.6 is 0 Å². The number of hydrogen-bond donors (Lipinski definition) is 2. The zero-order chi connectivity index (χ0) is 15.7. The number of benzene rings is 1. The maximum Gasteiger partial charge on any atom is 0.163 e. The van der Waals surface area contributed by atoms with Gasteiger partial charge in [0, 0.05) is 18.1 Å². The molecule has 22 heavy (non-hydrogen) atoms. The lowest BCUT2D eigenvalue weighted by Crippen LogP contribution is -2.21. The van der Waals surface area contributed by atoms with Crippen LogP contribution in [0.5, 0.6) is 0 Å². The van der Waals surface area contributed by atoms with Crippen molar-refractivity contribution in [3.63, 3.8) is 0 Å². The van der Waals surface area contributed by atoms with Gasteiger partial charge in [0.2, 0.25) is 0 Å². The molecule has 0 bridgehead atoms. The third-order valence-electron chi connectivity index (χ3n) is 3.47. The van der Waals surface area contributed by atoms with E-state index in [1.807, 2.05) is 0 Å². The molecule has 0 aliphatic carbocycles. The maximum atomic E-state index is 13.8. The minimum Gasteiger partial charge on any atom is -0.383 e. The van der Waals surface area contributed by atoms with Gasteiger partial charge in [0.15, 0.2) is 11.6 Å². The Labute approximate surface area is 124 Å². The van der Waals surface area contributed by atoms with E-state index in [2.05, 4.69) is 10.3 Å². The van der Waals surface area contributed by atoms with Gasteiger partial charge in [0.1, 0.15) is 23.5 Å². The lowest BCUT2D eigenvalue weighted by molar-refractivity contribution is 0.211. The van der Waals surface area contributed by atoms with E-state index in [4.69, 9.17) is 15.7 Å². The molecule has 3 rings (SSSR count). The lowest BCUT2D eigenvalue weighted by atomic mass is 10.1. The Morgan fingerprint density at radius 2 is 2.23 bits per heavy atom. The Balaban J connectivity index is 1.91. The van der Waals surface area contributed by atoms with Crippen LogP contribution in [0.2, 0.25) is 0 Å². The fourth-order valence-corrected chi connectivity index (χ4v) is 2.36. The van der Waals surface area contributed by atoms with Crippen LogP contribution in [0.4, 0.5) is 8.78 Å². The van der Waals surface area contributed by atoms with E-state index in [1.165, 1.54) is 23.4 Å². The average Bonchev–Trinajstić information content (AvgIpc) is 3.12. The molecule has 0 saturated heterocycles. The van der Waals surface area contributed by atoms with Gasteiger partial charge in [-0.1, -0.05) is 17.3 Å². The molecule has 114 valence electrons. The summed E-state index contributed by atoms with van der Waals surface area (Å²) in [6.07, 6.45) is 1.78. The van der Waals surface area contributed by atoms with Crippen molar-refractivity contribution in [1.82, 2.24) is 10.2 Å². The van der Waals surface area contributed by atoms with E-state index in [1.54, 1.807) is 6.07 Å². The Morgan fingerprint density at radius 1 is 1.41 bits per heavy atom. The fraction of sp³-hybridized carbons (Fsp3) is 0.214. The van der Waals surface area contributed by atoms with Crippen molar-refractivity contribution < 1.29 is 13.3 Å². The molecule has 0 amide bonds. The van der Waals surface area contributed by atoms with Gasteiger partial charge in [0.25, 0.3) is 0 Å². The molecule has 2 aromatic rings. The van der Waals surface area contributed by atoms with Crippen molar-refractivity contribution in [3.05, 3.63) is 53.4 Å². The summed E-state index contributed by atoms with van der Waals surface area (Å²) < 4.78 is 32.0. The summed E-state index contributed by atoms with van der Waals surface area (Å²) >= 11 is 0. The van der Waals surface area contributed by atoms with Crippen LogP contribution in [0, 0.1) is 17.0 Å². The Bertz CT molecular complexity index is 729. The number of amidine groups is 1. The Kier molecular flexibility index (Phi) is 3.58. The number of nitrogens with two attached hydrogens (primary N) is 1. The van der Waals surface area contributed by atoms with Crippen molar-refractivity contribution in [3.8, 4) is 0 Å². The smallest absolute Gasteiger partial charge is 0.163 e. The minimum absolute atomic E-state index is 0.0396. The number of nitrogens with zero attached hydrogens (tertiary/aromatic N) is 3. The van der Waals surface area contributed by atoms with Crippen molar-refractivity contribution in [2.45, 2.75) is 19.0 Å². The zero-order valence-electron chi connectivity index (χ0n) is 11.5. The zero-order valence-corrected chi connectivity index (χ0v) is 11.5. The van der Waals surface area contributed by atoms with Crippen LogP contribution in [0.1, 0.15) is 23.7 Å². The van der Waals surface area contributed by atoms with Crippen LogP contribution in [0.25, 0.3) is 0 Å². The van der Waals surface area contributed by atoms with Gasteiger partial charge < -0.3 is 10.3 Å². The van der Waals surface area contributed by atoms with Gasteiger partial charge in [-0.15, -0.1) is 0 Å². The first kappa shape index (κ1) is 14.2. The van der Waals surface area contributed by atoms with Crippen molar-refractivity contribution in [2.75, 3.05) is 0 Å². The van der Waals surface area contributed by atoms with E-state index in [-0.39, 0.29) is 24.0 Å². The molecular weight excluding hydrogens is 292 g/mol. The fourth-order valence-electron chi connectivity index (χ4n) is 2.36. The number of hydrogen-bond acceptors (Lipinski definition) is 5. The Morgan fingerprint density at radius 3 is 2.91 bits per heavy atom. The molecule has 1 aliphatic heterocycles. The summed E-state index contributed by atoms with van der Waals surface area (Å²) in [5.74, 6) is -1.98. The molecule has 2 heterocycles. The number of halogens is 2. The summed E-state index contributed by atoms with van der Waals surface area (Å²) in [6, 6.07) is 5.31. The van der Waals surface area contributed by atoms with Crippen molar-refractivity contribution in [1.29, 1.82) is 5.41 Å². The molecule has 0 radical (unpaired) electrons. The second-order valence-corrected chi connectivity index (χ2v) is 4.92. The SMILES string of the molecule is N=C(N)C1=NN(Cc2cccc(F)c2F)C(c2ccon2)C1. The van der Waals surface area contributed by atoms with Crippen LogP contribution in [0.3, 0.4) is 0 Å². The molecule has 0 fully saturated rings. The summed E-state index contributed by atoms with van der Waals surface area (Å²) in [5.41, 5.74) is 6.61. The van der Waals surface area contributed by atoms with Crippen LogP contribution < -0.4 is 5.73 Å². The highest BCUT2D eigenvalue weighted by molar-refractivity contribution is 6.40. The van der Waals surface area contributed by atoms with E-state index in [0.717, 1.165) is 6.07 Å². The van der Waals surface area contributed by atoms with Gasteiger partial charge in [-0.25, -0.2) is 8.78 Å². The van der Waals surface area contributed by atoms with Crippen LogP contribution in [0.15, 0.2) is 40.2 Å². The topological polar surface area (TPSA) is 91.5 Å². The third-order valence-corrected chi connectivity index (χ3v) is 3.47. The monoisotopic (exact) mass is 305 g/mol. The molecule has 6 nitrogen and oxygen atoms in total. The number of rotatable bonds is 4. The standard InChI is InChI=1S/C14H13F2N5O/c15-9-3-1-2-8(13(9)16)7-21-12(10-4-5-22-20-10)6-11(19-21)14(17)18/h1-5,12H,6-7H2,(H3,17,18). The first-order valence-corrected chi connectivity index (χ1v) is 6.58. The highest BCUT2D eigenvalue weighted by atomic mass is 19.2. The molecule has 8 heteroatoms. The number of aromatic nitrogens is 1. The summed E-state index contributed by atoms with van der Waals surface area (Å²) in [6.45, 7) is 0.0396. The normalized spacial score (nSPS) is 17.6. The lowest BCUT2D eigenvalue weighted by Gasteiger charge is -2.22. The summed E-state index contributed by atoms with van der Waals surface area (Å²) in [4.78, 5) is 0. The quantitative estimate of drug-likeness (QED) is 0.669. The van der Waals surface area contributed by atoms with E-state index in [9.17, 15) is 8.78 Å². The highest BCUT2D eigenvalue weighted by Crippen LogP contribution is 2.31. The second kappa shape index (κ2) is 5.55. The second-order valence-electron chi connectivity index (χ2n) is 4.92. The molecule has 1 aromatic carbocycles. The molecular formula is C14H13F2N5O. The van der Waals surface area contributed by atoms with Crippen LogP contribution in [-0.4, -0.2) is 21.7 Å². The first-order chi connectivity index (χ1) is 10.6. The average molecular weight is 305 g/mol. The third kappa shape index (κ3) is 2.54. The van der Waals surface area contributed by atoms with E-state index < -0.39 is 11.6 Å². The van der Waals surface area contributed by atoms with Gasteiger partial charge in [-0.3, -0.25) is 10.4 Å². The molecule has 1 aromatic heterocycles.